The van der Waals surface area contributed by atoms with Gasteiger partial charge < -0.3 is 11.1 Å². The van der Waals surface area contributed by atoms with E-state index in [1.54, 1.807) is 6.20 Å². The van der Waals surface area contributed by atoms with Gasteiger partial charge in [-0.15, -0.1) is 24.8 Å². The lowest BCUT2D eigenvalue weighted by molar-refractivity contribution is -0.129. The topological polar surface area (TPSA) is 68.0 Å². The molecule has 98 valence electrons. The number of hydrogen-bond acceptors (Lipinski definition) is 3. The summed E-state index contributed by atoms with van der Waals surface area (Å²) in [5.41, 5.74) is 5.83. The monoisotopic (exact) mass is 279 g/mol. The number of amides is 1. The van der Waals surface area contributed by atoms with Crippen molar-refractivity contribution in [1.82, 2.24) is 10.3 Å². The summed E-state index contributed by atoms with van der Waals surface area (Å²) in [7, 11) is 0. The molecular weight excluding hydrogens is 261 g/mol. The third-order valence-electron chi connectivity index (χ3n) is 2.28. The number of nitrogens with two attached hydrogens (primary N) is 1. The van der Waals surface area contributed by atoms with Crippen molar-refractivity contribution in [1.29, 1.82) is 0 Å². The maximum absolute atomic E-state index is 11.7. The summed E-state index contributed by atoms with van der Waals surface area (Å²) in [6.45, 7) is 4.42. The van der Waals surface area contributed by atoms with Gasteiger partial charge in [0.1, 0.15) is 0 Å². The van der Waals surface area contributed by atoms with Crippen molar-refractivity contribution < 1.29 is 4.79 Å². The summed E-state index contributed by atoms with van der Waals surface area (Å²) in [6.07, 6.45) is 1.70. The van der Waals surface area contributed by atoms with Crippen LogP contribution in [0, 0.1) is 5.41 Å². The molecule has 1 rings (SSSR count). The molecule has 3 N–H and O–H groups in total. The molecule has 0 aliphatic rings. The second-order valence-electron chi connectivity index (χ2n) is 4.09. The predicted octanol–water partition coefficient (Wildman–Crippen LogP) is 1.53. The molecule has 0 spiro atoms. The fourth-order valence-corrected chi connectivity index (χ4v) is 1.01. The Kier molecular flexibility index (Phi) is 9.02. The number of hydrogen-bond donors (Lipinski definition) is 2. The highest BCUT2D eigenvalue weighted by molar-refractivity contribution is 5.85. The minimum atomic E-state index is -0.519. The minimum absolute atomic E-state index is 0. The predicted molar refractivity (Wildman–Crippen MR) is 73.4 cm³/mol. The van der Waals surface area contributed by atoms with Crippen molar-refractivity contribution in [2.75, 3.05) is 6.54 Å². The van der Waals surface area contributed by atoms with Crippen LogP contribution in [0.2, 0.25) is 0 Å². The van der Waals surface area contributed by atoms with Gasteiger partial charge in [-0.3, -0.25) is 9.78 Å². The number of aromatic nitrogens is 1. The minimum Gasteiger partial charge on any atom is -0.350 e. The number of halogens is 2. The van der Waals surface area contributed by atoms with Crippen molar-refractivity contribution in [3.8, 4) is 0 Å². The van der Waals surface area contributed by atoms with Crippen LogP contribution in [0.1, 0.15) is 19.5 Å². The number of nitrogens with one attached hydrogen (secondary N) is 1. The van der Waals surface area contributed by atoms with Crippen molar-refractivity contribution in [3.63, 3.8) is 0 Å². The average molecular weight is 280 g/mol. The highest BCUT2D eigenvalue weighted by atomic mass is 35.5. The number of nitrogens with zero attached hydrogens (tertiary/aromatic N) is 1. The summed E-state index contributed by atoms with van der Waals surface area (Å²) in [5.74, 6) is -0.0457. The van der Waals surface area contributed by atoms with Crippen LogP contribution in [0.5, 0.6) is 0 Å². The van der Waals surface area contributed by atoms with Crippen LogP contribution in [0.25, 0.3) is 0 Å². The van der Waals surface area contributed by atoms with E-state index >= 15 is 0 Å². The zero-order chi connectivity index (χ0) is 11.3. The van der Waals surface area contributed by atoms with Crippen LogP contribution in [0.15, 0.2) is 24.4 Å². The van der Waals surface area contributed by atoms with E-state index in [1.165, 1.54) is 0 Å². The SMILES string of the molecule is CC(C)(CN)C(=O)NCc1ccccn1.Cl.Cl. The summed E-state index contributed by atoms with van der Waals surface area (Å²) >= 11 is 0. The van der Waals surface area contributed by atoms with Gasteiger partial charge in [-0.2, -0.15) is 0 Å². The smallest absolute Gasteiger partial charge is 0.227 e. The first-order valence-electron chi connectivity index (χ1n) is 4.94. The van der Waals surface area contributed by atoms with Crippen LogP contribution < -0.4 is 11.1 Å². The first kappa shape index (κ1) is 18.5. The molecule has 0 aromatic carbocycles. The first-order chi connectivity index (χ1) is 7.06. The molecule has 0 atom stereocenters. The van der Waals surface area contributed by atoms with E-state index in [4.69, 9.17) is 5.73 Å². The molecule has 0 saturated carbocycles. The Morgan fingerprint density at radius 1 is 1.41 bits per heavy atom. The van der Waals surface area contributed by atoms with E-state index in [9.17, 15) is 4.79 Å². The van der Waals surface area contributed by atoms with Crippen LogP contribution in [0.4, 0.5) is 0 Å². The molecule has 1 aromatic heterocycles. The van der Waals surface area contributed by atoms with Crippen LogP contribution in [-0.4, -0.2) is 17.4 Å². The molecule has 1 heterocycles. The largest absolute Gasteiger partial charge is 0.350 e. The highest BCUT2D eigenvalue weighted by Crippen LogP contribution is 2.12. The molecule has 0 unspecified atom stereocenters. The number of rotatable bonds is 4. The van der Waals surface area contributed by atoms with E-state index in [-0.39, 0.29) is 30.7 Å². The molecule has 0 saturated heterocycles. The quantitative estimate of drug-likeness (QED) is 0.878. The molecule has 0 aliphatic carbocycles. The van der Waals surface area contributed by atoms with E-state index in [0.29, 0.717) is 13.1 Å². The van der Waals surface area contributed by atoms with Crippen molar-refractivity contribution in [2.24, 2.45) is 11.1 Å². The molecule has 6 heteroatoms. The third-order valence-corrected chi connectivity index (χ3v) is 2.28. The molecule has 1 aromatic rings. The van der Waals surface area contributed by atoms with Gasteiger partial charge in [-0.05, 0) is 26.0 Å². The molecular formula is C11H19Cl2N3O. The van der Waals surface area contributed by atoms with E-state index in [0.717, 1.165) is 5.69 Å². The normalized spacial score (nSPS) is 9.82. The van der Waals surface area contributed by atoms with Crippen molar-refractivity contribution in [3.05, 3.63) is 30.1 Å². The zero-order valence-electron chi connectivity index (χ0n) is 9.97. The number of carbonyl (C=O) groups excluding carboxylic acids is 1. The number of pyridine rings is 1. The second-order valence-corrected chi connectivity index (χ2v) is 4.09. The fourth-order valence-electron chi connectivity index (χ4n) is 1.01. The van der Waals surface area contributed by atoms with Crippen LogP contribution >= 0.6 is 24.8 Å². The molecule has 0 radical (unpaired) electrons. The van der Waals surface area contributed by atoms with Crippen LogP contribution in [0.3, 0.4) is 0 Å². The third kappa shape index (κ3) is 5.86. The Morgan fingerprint density at radius 2 is 2.06 bits per heavy atom. The summed E-state index contributed by atoms with van der Waals surface area (Å²) in [4.78, 5) is 15.8. The highest BCUT2D eigenvalue weighted by Gasteiger charge is 2.25. The second kappa shape index (κ2) is 8.28. The van der Waals surface area contributed by atoms with Gasteiger partial charge in [0.15, 0.2) is 0 Å². The first-order valence-corrected chi connectivity index (χ1v) is 4.94. The van der Waals surface area contributed by atoms with Crippen LogP contribution in [-0.2, 0) is 11.3 Å². The van der Waals surface area contributed by atoms with Gasteiger partial charge in [-0.1, -0.05) is 6.07 Å². The molecule has 17 heavy (non-hydrogen) atoms. The lowest BCUT2D eigenvalue weighted by Gasteiger charge is -2.20. The number of carbonyl (C=O) groups is 1. The standard InChI is InChI=1S/C11H17N3O.2ClH/c1-11(2,8-12)10(15)14-7-9-5-3-4-6-13-9;;/h3-6H,7-8,12H2,1-2H3,(H,14,15);2*1H. The summed E-state index contributed by atoms with van der Waals surface area (Å²) < 4.78 is 0. The Balaban J connectivity index is 0. The van der Waals surface area contributed by atoms with Gasteiger partial charge in [-0.25, -0.2) is 0 Å². The van der Waals surface area contributed by atoms with Gasteiger partial charge in [0, 0.05) is 12.7 Å². The average Bonchev–Trinajstić information content (AvgIpc) is 2.27. The summed E-state index contributed by atoms with van der Waals surface area (Å²) in [5, 5.41) is 2.81. The van der Waals surface area contributed by atoms with Gasteiger partial charge in [0.05, 0.1) is 17.7 Å². The maximum atomic E-state index is 11.7. The van der Waals surface area contributed by atoms with Crippen molar-refractivity contribution >= 4 is 30.7 Å². The molecule has 0 fully saturated rings. The van der Waals surface area contributed by atoms with E-state index in [1.807, 2.05) is 32.0 Å². The molecule has 0 aliphatic heterocycles. The Labute approximate surface area is 114 Å². The Hall–Kier alpha value is -0.840. The Bertz CT molecular complexity index is 331. The maximum Gasteiger partial charge on any atom is 0.227 e. The fraction of sp³-hybridized carbons (Fsp3) is 0.455. The van der Waals surface area contributed by atoms with Gasteiger partial charge >= 0.3 is 0 Å². The summed E-state index contributed by atoms with van der Waals surface area (Å²) in [6, 6.07) is 5.60. The lowest BCUT2D eigenvalue weighted by Crippen LogP contribution is -2.41. The molecule has 0 bridgehead atoms. The van der Waals surface area contributed by atoms with Gasteiger partial charge in [0.2, 0.25) is 5.91 Å². The van der Waals surface area contributed by atoms with E-state index in [2.05, 4.69) is 10.3 Å². The van der Waals surface area contributed by atoms with E-state index < -0.39 is 5.41 Å². The lowest BCUT2D eigenvalue weighted by atomic mass is 9.93. The zero-order valence-corrected chi connectivity index (χ0v) is 11.6. The van der Waals surface area contributed by atoms with Gasteiger partial charge in [0.25, 0.3) is 0 Å². The Morgan fingerprint density at radius 3 is 2.53 bits per heavy atom. The molecule has 1 amide bonds. The van der Waals surface area contributed by atoms with Crippen molar-refractivity contribution in [2.45, 2.75) is 20.4 Å². The molecule has 4 nitrogen and oxygen atoms in total.